The predicted molar refractivity (Wildman–Crippen MR) is 101 cm³/mol. The van der Waals surface area contributed by atoms with Gasteiger partial charge in [0.15, 0.2) is 0 Å². The minimum Gasteiger partial charge on any atom is -0.369 e. The van der Waals surface area contributed by atoms with Crippen molar-refractivity contribution in [1.82, 2.24) is 15.2 Å². The maximum atomic E-state index is 12.8. The molecule has 0 saturated carbocycles. The molecule has 5 nitrogen and oxygen atoms in total. The first-order valence-corrected chi connectivity index (χ1v) is 9.02. The number of nitrogens with one attached hydrogen (secondary N) is 1. The Morgan fingerprint density at radius 1 is 1.25 bits per heavy atom. The minimum absolute atomic E-state index is 0.0652. The van der Waals surface area contributed by atoms with Crippen LogP contribution in [0.2, 0.25) is 0 Å². The molecule has 28 heavy (non-hydrogen) atoms. The van der Waals surface area contributed by atoms with Gasteiger partial charge in [-0.25, -0.2) is 0 Å². The maximum Gasteiger partial charge on any atom is 0.416 e. The third-order valence-corrected chi connectivity index (χ3v) is 4.90. The summed E-state index contributed by atoms with van der Waals surface area (Å²) in [7, 11) is 3.47. The second-order valence-corrected chi connectivity index (χ2v) is 7.06. The molecule has 8 heteroatoms. The standard InChI is InChI=1S/C20H23F3N4O/c1-24-19(28)15-11-27(12-15)10-14-3-5-18(6-4-14)26(2)13-17-9-16(7-8-25-17)20(21,22)23/h3-9,15H,10-13H2,1-2H3,(H,24,28). The number of aromatic nitrogens is 1. The van der Waals surface area contributed by atoms with Crippen LogP contribution < -0.4 is 10.2 Å². The molecule has 3 rings (SSSR count). The Morgan fingerprint density at radius 2 is 1.93 bits per heavy atom. The molecule has 2 aromatic rings. The topological polar surface area (TPSA) is 48.5 Å². The number of halogens is 3. The lowest BCUT2D eigenvalue weighted by atomic mass is 9.98. The smallest absolute Gasteiger partial charge is 0.369 e. The number of hydrogen-bond donors (Lipinski definition) is 1. The number of rotatable bonds is 6. The summed E-state index contributed by atoms with van der Waals surface area (Å²) in [6, 6.07) is 9.94. The van der Waals surface area contributed by atoms with E-state index in [0.29, 0.717) is 5.69 Å². The lowest BCUT2D eigenvalue weighted by molar-refractivity contribution is -0.137. The zero-order chi connectivity index (χ0) is 20.3. The van der Waals surface area contributed by atoms with Crippen LogP contribution in [0.15, 0.2) is 42.6 Å². The van der Waals surface area contributed by atoms with Gasteiger partial charge in [-0.05, 0) is 29.8 Å². The molecule has 150 valence electrons. The molecule has 1 fully saturated rings. The largest absolute Gasteiger partial charge is 0.416 e. The van der Waals surface area contributed by atoms with Crippen LogP contribution in [0.3, 0.4) is 0 Å². The number of anilines is 1. The highest BCUT2D eigenvalue weighted by atomic mass is 19.4. The Kier molecular flexibility index (Phi) is 5.88. The lowest BCUT2D eigenvalue weighted by Gasteiger charge is -2.38. The van der Waals surface area contributed by atoms with E-state index in [1.54, 1.807) is 7.05 Å². The highest BCUT2D eigenvalue weighted by Gasteiger charge is 2.32. The number of carbonyl (C=O) groups excluding carboxylic acids is 1. The molecule has 1 aromatic heterocycles. The summed E-state index contributed by atoms with van der Waals surface area (Å²) in [5.74, 6) is 0.145. The van der Waals surface area contributed by atoms with Gasteiger partial charge in [0.1, 0.15) is 0 Å². The molecule has 1 N–H and O–H groups in total. The molecular formula is C20H23F3N4O. The molecule has 0 unspecified atom stereocenters. The van der Waals surface area contributed by atoms with Crippen molar-refractivity contribution in [3.63, 3.8) is 0 Å². The van der Waals surface area contributed by atoms with E-state index >= 15 is 0 Å². The van der Waals surface area contributed by atoms with Gasteiger partial charge in [0.05, 0.1) is 23.7 Å². The van der Waals surface area contributed by atoms with E-state index in [9.17, 15) is 18.0 Å². The summed E-state index contributed by atoms with van der Waals surface area (Å²) in [5, 5.41) is 2.66. The second-order valence-electron chi connectivity index (χ2n) is 7.06. The molecule has 2 heterocycles. The Labute approximate surface area is 162 Å². The summed E-state index contributed by atoms with van der Waals surface area (Å²) in [4.78, 5) is 19.6. The monoisotopic (exact) mass is 392 g/mol. The van der Waals surface area contributed by atoms with Crippen LogP contribution in [-0.4, -0.2) is 43.0 Å². The predicted octanol–water partition coefficient (Wildman–Crippen LogP) is 2.91. The number of carbonyl (C=O) groups is 1. The van der Waals surface area contributed by atoms with Crippen LogP contribution in [0.25, 0.3) is 0 Å². The van der Waals surface area contributed by atoms with Gasteiger partial charge in [-0.1, -0.05) is 12.1 Å². The first-order valence-electron chi connectivity index (χ1n) is 9.02. The third-order valence-electron chi connectivity index (χ3n) is 4.90. The molecule has 0 atom stereocenters. The Hall–Kier alpha value is -2.61. The fraction of sp³-hybridized carbons (Fsp3) is 0.400. The van der Waals surface area contributed by atoms with Crippen molar-refractivity contribution in [3.05, 3.63) is 59.4 Å². The molecule has 1 amide bonds. The average Bonchev–Trinajstić information content (AvgIpc) is 2.63. The molecule has 0 spiro atoms. The summed E-state index contributed by atoms with van der Waals surface area (Å²) in [6.07, 6.45) is -3.18. The van der Waals surface area contributed by atoms with Crippen molar-refractivity contribution >= 4 is 11.6 Å². The molecule has 0 radical (unpaired) electrons. The molecule has 0 aliphatic carbocycles. The number of alkyl halides is 3. The summed E-state index contributed by atoms with van der Waals surface area (Å²) in [6.45, 7) is 2.56. The second kappa shape index (κ2) is 8.18. The van der Waals surface area contributed by atoms with Crippen molar-refractivity contribution in [2.75, 3.05) is 32.1 Å². The number of nitrogens with zero attached hydrogens (tertiary/aromatic N) is 3. The van der Waals surface area contributed by atoms with Gasteiger partial charge < -0.3 is 10.2 Å². The number of pyridine rings is 1. The first-order chi connectivity index (χ1) is 13.3. The van der Waals surface area contributed by atoms with E-state index < -0.39 is 11.7 Å². The fourth-order valence-electron chi connectivity index (χ4n) is 3.26. The van der Waals surface area contributed by atoms with Gasteiger partial charge in [-0.2, -0.15) is 13.2 Å². The van der Waals surface area contributed by atoms with Crippen molar-refractivity contribution in [1.29, 1.82) is 0 Å². The van der Waals surface area contributed by atoms with Gasteiger partial charge >= 0.3 is 6.18 Å². The van der Waals surface area contributed by atoms with Gasteiger partial charge in [0, 0.05) is 45.6 Å². The number of hydrogen-bond acceptors (Lipinski definition) is 4. The van der Waals surface area contributed by atoms with Crippen molar-refractivity contribution < 1.29 is 18.0 Å². The number of likely N-dealkylation sites (tertiary alicyclic amines) is 1. The van der Waals surface area contributed by atoms with Gasteiger partial charge in [-0.15, -0.1) is 0 Å². The van der Waals surface area contributed by atoms with E-state index in [-0.39, 0.29) is 18.4 Å². The van der Waals surface area contributed by atoms with Crippen LogP contribution in [-0.2, 0) is 24.1 Å². The van der Waals surface area contributed by atoms with Gasteiger partial charge in [0.25, 0.3) is 0 Å². The van der Waals surface area contributed by atoms with Crippen molar-refractivity contribution in [2.24, 2.45) is 5.92 Å². The van der Waals surface area contributed by atoms with E-state index in [2.05, 4.69) is 15.2 Å². The van der Waals surface area contributed by atoms with Crippen molar-refractivity contribution in [3.8, 4) is 0 Å². The molecule has 1 saturated heterocycles. The van der Waals surface area contributed by atoms with Crippen LogP contribution in [0, 0.1) is 5.92 Å². The third kappa shape index (κ3) is 4.81. The fourth-order valence-corrected chi connectivity index (χ4v) is 3.26. The zero-order valence-corrected chi connectivity index (χ0v) is 15.8. The molecule has 1 aromatic carbocycles. The Morgan fingerprint density at radius 3 is 2.54 bits per heavy atom. The summed E-state index contributed by atoms with van der Waals surface area (Å²) in [5.41, 5.74) is 1.70. The molecule has 1 aliphatic heterocycles. The highest BCUT2D eigenvalue weighted by Crippen LogP contribution is 2.29. The lowest BCUT2D eigenvalue weighted by Crippen LogP contribution is -2.52. The zero-order valence-electron chi connectivity index (χ0n) is 15.8. The van der Waals surface area contributed by atoms with Crippen LogP contribution >= 0.6 is 0 Å². The van der Waals surface area contributed by atoms with Gasteiger partial charge in [-0.3, -0.25) is 14.7 Å². The first kappa shape index (κ1) is 20.1. The summed E-state index contributed by atoms with van der Waals surface area (Å²) >= 11 is 0. The van der Waals surface area contributed by atoms with E-state index in [1.165, 1.54) is 6.20 Å². The van der Waals surface area contributed by atoms with Crippen LogP contribution in [0.4, 0.5) is 18.9 Å². The Bertz CT molecular complexity index is 817. The minimum atomic E-state index is -4.37. The number of amides is 1. The normalized spacial score (nSPS) is 15.2. The van der Waals surface area contributed by atoms with E-state index in [1.807, 2.05) is 36.2 Å². The molecular weight excluding hydrogens is 369 g/mol. The van der Waals surface area contributed by atoms with Crippen molar-refractivity contribution in [2.45, 2.75) is 19.3 Å². The summed E-state index contributed by atoms with van der Waals surface area (Å²) < 4.78 is 38.5. The van der Waals surface area contributed by atoms with E-state index in [0.717, 1.165) is 43.0 Å². The SMILES string of the molecule is CNC(=O)C1CN(Cc2ccc(N(C)Cc3cc(C(F)(F)F)ccn3)cc2)C1. The van der Waals surface area contributed by atoms with Crippen LogP contribution in [0.1, 0.15) is 16.8 Å². The quantitative estimate of drug-likeness (QED) is 0.821. The van der Waals surface area contributed by atoms with Crippen LogP contribution in [0.5, 0.6) is 0 Å². The van der Waals surface area contributed by atoms with E-state index in [4.69, 9.17) is 0 Å². The maximum absolute atomic E-state index is 12.8. The highest BCUT2D eigenvalue weighted by molar-refractivity contribution is 5.79. The average molecular weight is 392 g/mol. The van der Waals surface area contributed by atoms with Gasteiger partial charge in [0.2, 0.25) is 5.91 Å². The Balaban J connectivity index is 1.56. The molecule has 0 bridgehead atoms. The molecule has 1 aliphatic rings. The number of benzene rings is 1.